The summed E-state index contributed by atoms with van der Waals surface area (Å²) in [5.74, 6) is 0.850. The van der Waals surface area contributed by atoms with Crippen LogP contribution in [0.25, 0.3) is 0 Å². The molecule has 0 amide bonds. The molecule has 4 heteroatoms. The molecule has 0 saturated carbocycles. The van der Waals surface area contributed by atoms with Crippen molar-refractivity contribution in [3.63, 3.8) is 0 Å². The first-order chi connectivity index (χ1) is 8.72. The number of rotatable bonds is 4. The minimum absolute atomic E-state index is 0.0600. The zero-order chi connectivity index (χ0) is 13.0. The number of methoxy groups -OCH3 is 1. The Morgan fingerprint density at radius 2 is 2.39 bits per heavy atom. The molecule has 0 N–H and O–H groups in total. The normalized spacial score (nSPS) is 15.4. The number of carbonyl (C=O) groups is 1. The fourth-order valence-electron chi connectivity index (χ4n) is 2.14. The predicted octanol–water partition coefficient (Wildman–Crippen LogP) is 2.07. The summed E-state index contributed by atoms with van der Waals surface area (Å²) >= 11 is 0. The largest absolute Gasteiger partial charge is 0.380 e. The molecule has 2 heterocycles. The highest BCUT2D eigenvalue weighted by Crippen LogP contribution is 2.21. The number of pyridine rings is 1. The first-order valence-corrected chi connectivity index (χ1v) is 6.10. The molecule has 96 valence electrons. The molecule has 1 aliphatic heterocycles. The van der Waals surface area contributed by atoms with Crippen molar-refractivity contribution in [2.75, 3.05) is 31.7 Å². The third-order valence-corrected chi connectivity index (χ3v) is 3.10. The average molecular weight is 246 g/mol. The molecular weight excluding hydrogens is 228 g/mol. The molecule has 2 rings (SSSR count). The number of aromatic nitrogens is 1. The van der Waals surface area contributed by atoms with Crippen LogP contribution in [-0.2, 0) is 4.74 Å². The van der Waals surface area contributed by atoms with E-state index < -0.39 is 0 Å². The van der Waals surface area contributed by atoms with E-state index in [4.69, 9.17) is 4.74 Å². The first-order valence-electron chi connectivity index (χ1n) is 6.10. The minimum Gasteiger partial charge on any atom is -0.380 e. The predicted molar refractivity (Wildman–Crippen MR) is 71.0 cm³/mol. The number of Topliss-reactive ketones (excluding diaryl/α,β-unsaturated/α-hetero) is 1. The van der Waals surface area contributed by atoms with Crippen LogP contribution in [0.5, 0.6) is 0 Å². The van der Waals surface area contributed by atoms with Crippen molar-refractivity contribution < 1.29 is 9.53 Å². The second-order valence-corrected chi connectivity index (χ2v) is 4.42. The lowest BCUT2D eigenvalue weighted by Gasteiger charge is -2.28. The molecule has 0 aliphatic carbocycles. The molecule has 4 nitrogen and oxygen atoms in total. The van der Waals surface area contributed by atoms with Gasteiger partial charge < -0.3 is 9.64 Å². The van der Waals surface area contributed by atoms with E-state index in [9.17, 15) is 4.79 Å². The highest BCUT2D eigenvalue weighted by Gasteiger charge is 2.17. The molecule has 0 saturated heterocycles. The van der Waals surface area contributed by atoms with Gasteiger partial charge in [-0.1, -0.05) is 6.08 Å². The zero-order valence-electron chi connectivity index (χ0n) is 10.8. The molecule has 0 radical (unpaired) electrons. The number of ketones is 1. The Morgan fingerprint density at radius 3 is 3.00 bits per heavy atom. The summed E-state index contributed by atoms with van der Waals surface area (Å²) in [4.78, 5) is 18.0. The van der Waals surface area contributed by atoms with Gasteiger partial charge in [-0.25, -0.2) is 4.98 Å². The maximum absolute atomic E-state index is 11.6. The van der Waals surface area contributed by atoms with Crippen molar-refractivity contribution in [1.82, 2.24) is 4.98 Å². The van der Waals surface area contributed by atoms with Gasteiger partial charge in [0.2, 0.25) is 0 Å². The molecule has 0 atom stereocenters. The van der Waals surface area contributed by atoms with E-state index in [1.54, 1.807) is 26.3 Å². The summed E-state index contributed by atoms with van der Waals surface area (Å²) < 4.78 is 5.13. The van der Waals surface area contributed by atoms with Gasteiger partial charge in [-0.3, -0.25) is 4.79 Å². The lowest BCUT2D eigenvalue weighted by atomic mass is 10.1. The Hall–Kier alpha value is -1.68. The van der Waals surface area contributed by atoms with Crippen LogP contribution in [0.15, 0.2) is 30.0 Å². The van der Waals surface area contributed by atoms with Crippen LogP contribution in [0, 0.1) is 0 Å². The molecule has 0 unspecified atom stereocenters. The topological polar surface area (TPSA) is 42.4 Å². The fourth-order valence-corrected chi connectivity index (χ4v) is 2.14. The molecule has 1 aromatic rings. The Labute approximate surface area is 107 Å². The first kappa shape index (κ1) is 12.8. The summed E-state index contributed by atoms with van der Waals surface area (Å²) in [6.07, 6.45) is 4.85. The Morgan fingerprint density at radius 1 is 1.56 bits per heavy atom. The van der Waals surface area contributed by atoms with E-state index in [0.717, 1.165) is 25.3 Å². The number of hydrogen-bond acceptors (Lipinski definition) is 4. The molecule has 0 bridgehead atoms. The van der Waals surface area contributed by atoms with Gasteiger partial charge in [0.25, 0.3) is 0 Å². The number of carbonyl (C=O) groups excluding carboxylic acids is 1. The van der Waals surface area contributed by atoms with Gasteiger partial charge in [0.05, 0.1) is 12.2 Å². The van der Waals surface area contributed by atoms with Crippen LogP contribution < -0.4 is 4.90 Å². The molecule has 1 aromatic heterocycles. The van der Waals surface area contributed by atoms with Crippen LogP contribution >= 0.6 is 0 Å². The number of nitrogens with zero attached hydrogens (tertiary/aromatic N) is 2. The Kier molecular flexibility index (Phi) is 4.10. The van der Waals surface area contributed by atoms with Gasteiger partial charge >= 0.3 is 0 Å². The van der Waals surface area contributed by atoms with Gasteiger partial charge in [0, 0.05) is 26.4 Å². The second kappa shape index (κ2) is 5.78. The third kappa shape index (κ3) is 2.76. The van der Waals surface area contributed by atoms with Crippen LogP contribution in [0.2, 0.25) is 0 Å². The Bertz CT molecular complexity index is 469. The maximum Gasteiger partial charge on any atom is 0.163 e. The van der Waals surface area contributed by atoms with Gasteiger partial charge in [0.15, 0.2) is 5.78 Å². The van der Waals surface area contributed by atoms with E-state index in [2.05, 4.69) is 16.0 Å². The molecular formula is C14H18N2O2. The summed E-state index contributed by atoms with van der Waals surface area (Å²) in [6.45, 7) is 3.94. The minimum atomic E-state index is 0.0600. The van der Waals surface area contributed by atoms with E-state index >= 15 is 0 Å². The monoisotopic (exact) mass is 246 g/mol. The van der Waals surface area contributed by atoms with Gasteiger partial charge in [-0.15, -0.1) is 0 Å². The van der Waals surface area contributed by atoms with E-state index in [1.165, 1.54) is 5.57 Å². The van der Waals surface area contributed by atoms with Crippen molar-refractivity contribution in [2.24, 2.45) is 0 Å². The lowest BCUT2D eigenvalue weighted by molar-refractivity contribution is 0.101. The number of hydrogen-bond donors (Lipinski definition) is 0. The van der Waals surface area contributed by atoms with Crippen molar-refractivity contribution in [3.8, 4) is 0 Å². The second-order valence-electron chi connectivity index (χ2n) is 4.42. The smallest absolute Gasteiger partial charge is 0.163 e. The summed E-state index contributed by atoms with van der Waals surface area (Å²) in [5.41, 5.74) is 2.01. The van der Waals surface area contributed by atoms with E-state index in [0.29, 0.717) is 12.2 Å². The van der Waals surface area contributed by atoms with Crippen LogP contribution in [0.4, 0.5) is 5.82 Å². The summed E-state index contributed by atoms with van der Waals surface area (Å²) in [6, 6.07) is 3.63. The lowest BCUT2D eigenvalue weighted by Crippen LogP contribution is -2.31. The van der Waals surface area contributed by atoms with Crippen molar-refractivity contribution in [1.29, 1.82) is 0 Å². The van der Waals surface area contributed by atoms with Crippen LogP contribution in [0.1, 0.15) is 23.7 Å². The average Bonchev–Trinajstić information content (AvgIpc) is 2.40. The molecule has 0 aromatic carbocycles. The zero-order valence-corrected chi connectivity index (χ0v) is 10.8. The third-order valence-electron chi connectivity index (χ3n) is 3.10. The van der Waals surface area contributed by atoms with E-state index in [1.807, 2.05) is 6.07 Å². The SMILES string of the molecule is COCC1=CCN(c2ncccc2C(C)=O)CC1. The molecule has 0 fully saturated rings. The number of anilines is 1. The highest BCUT2D eigenvalue weighted by atomic mass is 16.5. The molecule has 0 spiro atoms. The quantitative estimate of drug-likeness (QED) is 0.602. The standard InChI is InChI=1S/C14H18N2O2/c1-11(17)13-4-3-7-15-14(13)16-8-5-12(6-9-16)10-18-2/h3-5,7H,6,8-10H2,1-2H3. The van der Waals surface area contributed by atoms with Crippen molar-refractivity contribution >= 4 is 11.6 Å². The van der Waals surface area contributed by atoms with Gasteiger partial charge in [-0.05, 0) is 31.1 Å². The summed E-state index contributed by atoms with van der Waals surface area (Å²) in [7, 11) is 1.71. The van der Waals surface area contributed by atoms with Gasteiger partial charge in [-0.2, -0.15) is 0 Å². The maximum atomic E-state index is 11.6. The van der Waals surface area contributed by atoms with Crippen molar-refractivity contribution in [3.05, 3.63) is 35.5 Å². The highest BCUT2D eigenvalue weighted by molar-refractivity contribution is 5.98. The van der Waals surface area contributed by atoms with Crippen LogP contribution in [-0.4, -0.2) is 37.6 Å². The van der Waals surface area contributed by atoms with Crippen molar-refractivity contribution in [2.45, 2.75) is 13.3 Å². The summed E-state index contributed by atoms with van der Waals surface area (Å²) in [5, 5.41) is 0. The fraction of sp³-hybridized carbons (Fsp3) is 0.429. The molecule has 18 heavy (non-hydrogen) atoms. The van der Waals surface area contributed by atoms with Gasteiger partial charge in [0.1, 0.15) is 5.82 Å². The molecule has 1 aliphatic rings. The van der Waals surface area contributed by atoms with Crippen LogP contribution in [0.3, 0.4) is 0 Å². The Balaban J connectivity index is 2.17. The van der Waals surface area contributed by atoms with E-state index in [-0.39, 0.29) is 5.78 Å². The number of ether oxygens (including phenoxy) is 1.